The largest absolute Gasteiger partial charge is 0.392 e. The Morgan fingerprint density at radius 2 is 2.12 bits per heavy atom. The van der Waals surface area contributed by atoms with E-state index in [-0.39, 0.29) is 6.61 Å². The molecule has 0 spiro atoms. The van der Waals surface area contributed by atoms with Gasteiger partial charge < -0.3 is 14.7 Å². The molecule has 2 aliphatic rings. The van der Waals surface area contributed by atoms with Crippen molar-refractivity contribution in [3.8, 4) is 0 Å². The Morgan fingerprint density at radius 3 is 2.81 bits per heavy atom. The van der Waals surface area contributed by atoms with Crippen LogP contribution in [0, 0.1) is 0 Å². The Balaban J connectivity index is 1.86. The number of hydrogen-bond donors (Lipinski definition) is 1. The molecule has 0 aromatic carbocycles. The standard InChI is InChI=1S/C12H16N2O2/c15-8-9-2-1-5-13-12(9)14-6-10-3-4-11(7-14)16-10/h1-2,5,10-11,15H,3-4,6-8H2. The fourth-order valence-corrected chi connectivity index (χ4v) is 2.63. The molecule has 1 aromatic rings. The summed E-state index contributed by atoms with van der Waals surface area (Å²) in [7, 11) is 0. The van der Waals surface area contributed by atoms with Gasteiger partial charge in [-0.25, -0.2) is 4.98 Å². The lowest BCUT2D eigenvalue weighted by molar-refractivity contribution is 0.0301. The number of morpholine rings is 1. The molecule has 3 rings (SSSR count). The molecular weight excluding hydrogens is 204 g/mol. The zero-order valence-corrected chi connectivity index (χ0v) is 9.17. The van der Waals surface area contributed by atoms with E-state index in [0.717, 1.165) is 37.3 Å². The second-order valence-corrected chi connectivity index (χ2v) is 4.51. The van der Waals surface area contributed by atoms with Crippen LogP contribution in [0.15, 0.2) is 18.3 Å². The molecule has 0 saturated carbocycles. The van der Waals surface area contributed by atoms with Crippen LogP contribution in [0.25, 0.3) is 0 Å². The number of aliphatic hydroxyl groups excluding tert-OH is 1. The number of aromatic nitrogens is 1. The van der Waals surface area contributed by atoms with E-state index in [1.54, 1.807) is 6.20 Å². The van der Waals surface area contributed by atoms with Crippen molar-refractivity contribution < 1.29 is 9.84 Å². The van der Waals surface area contributed by atoms with Crippen molar-refractivity contribution in [3.05, 3.63) is 23.9 Å². The summed E-state index contributed by atoms with van der Waals surface area (Å²) in [5.41, 5.74) is 0.906. The highest BCUT2D eigenvalue weighted by Gasteiger charge is 2.34. The molecule has 2 atom stereocenters. The second-order valence-electron chi connectivity index (χ2n) is 4.51. The first kappa shape index (κ1) is 10.1. The van der Waals surface area contributed by atoms with Crippen LogP contribution >= 0.6 is 0 Å². The normalized spacial score (nSPS) is 28.4. The van der Waals surface area contributed by atoms with Gasteiger partial charge in [0.2, 0.25) is 0 Å². The molecule has 2 fully saturated rings. The molecule has 4 nitrogen and oxygen atoms in total. The van der Waals surface area contributed by atoms with Gasteiger partial charge in [0.25, 0.3) is 0 Å². The van der Waals surface area contributed by atoms with Crippen LogP contribution in [0.3, 0.4) is 0 Å². The molecule has 1 N–H and O–H groups in total. The molecule has 0 amide bonds. The van der Waals surface area contributed by atoms with E-state index in [9.17, 15) is 5.11 Å². The van der Waals surface area contributed by atoms with E-state index in [4.69, 9.17) is 4.74 Å². The maximum atomic E-state index is 9.30. The molecule has 2 aliphatic heterocycles. The van der Waals surface area contributed by atoms with Gasteiger partial charge >= 0.3 is 0 Å². The van der Waals surface area contributed by atoms with E-state index in [1.807, 2.05) is 12.1 Å². The monoisotopic (exact) mass is 220 g/mol. The van der Waals surface area contributed by atoms with Gasteiger partial charge in [-0.1, -0.05) is 6.07 Å². The van der Waals surface area contributed by atoms with Crippen molar-refractivity contribution in [2.45, 2.75) is 31.7 Å². The van der Waals surface area contributed by atoms with E-state index in [1.165, 1.54) is 0 Å². The van der Waals surface area contributed by atoms with E-state index < -0.39 is 0 Å². The predicted molar refractivity (Wildman–Crippen MR) is 60.3 cm³/mol. The van der Waals surface area contributed by atoms with Crippen molar-refractivity contribution in [2.75, 3.05) is 18.0 Å². The minimum atomic E-state index is 0.0515. The van der Waals surface area contributed by atoms with Crippen molar-refractivity contribution in [3.63, 3.8) is 0 Å². The van der Waals surface area contributed by atoms with Crippen molar-refractivity contribution >= 4 is 5.82 Å². The summed E-state index contributed by atoms with van der Waals surface area (Å²) in [5, 5.41) is 9.30. The summed E-state index contributed by atoms with van der Waals surface area (Å²) < 4.78 is 5.79. The molecule has 2 saturated heterocycles. The van der Waals surface area contributed by atoms with Crippen molar-refractivity contribution in [2.24, 2.45) is 0 Å². The number of nitrogens with zero attached hydrogens (tertiary/aromatic N) is 2. The third-order valence-electron chi connectivity index (χ3n) is 3.38. The van der Waals surface area contributed by atoms with Crippen LogP contribution < -0.4 is 4.90 Å². The van der Waals surface area contributed by atoms with Gasteiger partial charge in [-0.15, -0.1) is 0 Å². The lowest BCUT2D eigenvalue weighted by Gasteiger charge is -2.33. The third kappa shape index (κ3) is 1.68. The fourth-order valence-electron chi connectivity index (χ4n) is 2.63. The van der Waals surface area contributed by atoms with Gasteiger partial charge in [0.15, 0.2) is 0 Å². The van der Waals surface area contributed by atoms with Gasteiger partial charge in [0.05, 0.1) is 18.8 Å². The maximum absolute atomic E-state index is 9.30. The SMILES string of the molecule is OCc1cccnc1N1CC2CCC(C1)O2. The Hall–Kier alpha value is -1.13. The molecule has 3 heterocycles. The first-order valence-electron chi connectivity index (χ1n) is 5.82. The number of anilines is 1. The van der Waals surface area contributed by atoms with E-state index >= 15 is 0 Å². The highest BCUT2D eigenvalue weighted by molar-refractivity contribution is 5.47. The van der Waals surface area contributed by atoms with Gasteiger partial charge in [0, 0.05) is 24.8 Å². The van der Waals surface area contributed by atoms with Crippen LogP contribution in [-0.2, 0) is 11.3 Å². The number of pyridine rings is 1. The summed E-state index contributed by atoms with van der Waals surface area (Å²) in [5.74, 6) is 0.921. The average Bonchev–Trinajstić information content (AvgIpc) is 2.68. The topological polar surface area (TPSA) is 45.6 Å². The molecule has 1 aromatic heterocycles. The summed E-state index contributed by atoms with van der Waals surface area (Å²) in [6.45, 7) is 1.86. The van der Waals surface area contributed by atoms with Crippen LogP contribution in [0.4, 0.5) is 5.82 Å². The molecule has 2 bridgehead atoms. The maximum Gasteiger partial charge on any atom is 0.134 e. The fraction of sp³-hybridized carbons (Fsp3) is 0.583. The van der Waals surface area contributed by atoms with Crippen LogP contribution in [0.5, 0.6) is 0 Å². The van der Waals surface area contributed by atoms with Gasteiger partial charge in [0.1, 0.15) is 5.82 Å². The molecule has 16 heavy (non-hydrogen) atoms. The summed E-state index contributed by atoms with van der Waals surface area (Å²) in [4.78, 5) is 6.63. The molecule has 0 radical (unpaired) electrons. The second kappa shape index (κ2) is 4.03. The average molecular weight is 220 g/mol. The molecule has 0 aliphatic carbocycles. The Labute approximate surface area is 94.9 Å². The van der Waals surface area contributed by atoms with Gasteiger partial charge in [-0.2, -0.15) is 0 Å². The van der Waals surface area contributed by atoms with Crippen LogP contribution in [0.1, 0.15) is 18.4 Å². The Bertz CT molecular complexity index is 371. The highest BCUT2D eigenvalue weighted by atomic mass is 16.5. The summed E-state index contributed by atoms with van der Waals surface area (Å²) in [6.07, 6.45) is 4.80. The predicted octanol–water partition coefficient (Wildman–Crippen LogP) is 0.942. The minimum absolute atomic E-state index is 0.0515. The Kier molecular flexibility index (Phi) is 2.53. The highest BCUT2D eigenvalue weighted by Crippen LogP contribution is 2.30. The lowest BCUT2D eigenvalue weighted by atomic mass is 10.2. The summed E-state index contributed by atoms with van der Waals surface area (Å²) >= 11 is 0. The summed E-state index contributed by atoms with van der Waals surface area (Å²) in [6, 6.07) is 3.80. The number of hydrogen-bond acceptors (Lipinski definition) is 4. The smallest absolute Gasteiger partial charge is 0.134 e. The van der Waals surface area contributed by atoms with Crippen LogP contribution in [0.2, 0.25) is 0 Å². The molecule has 4 heteroatoms. The van der Waals surface area contributed by atoms with E-state index in [2.05, 4.69) is 9.88 Å². The number of fused-ring (bicyclic) bond motifs is 2. The van der Waals surface area contributed by atoms with Crippen molar-refractivity contribution in [1.29, 1.82) is 0 Å². The zero-order valence-electron chi connectivity index (χ0n) is 9.17. The first-order chi connectivity index (χ1) is 7.86. The lowest BCUT2D eigenvalue weighted by Crippen LogP contribution is -2.43. The zero-order chi connectivity index (χ0) is 11.0. The number of rotatable bonds is 2. The number of aliphatic hydroxyl groups is 1. The van der Waals surface area contributed by atoms with Gasteiger partial charge in [-0.3, -0.25) is 0 Å². The first-order valence-corrected chi connectivity index (χ1v) is 5.82. The Morgan fingerprint density at radius 1 is 1.38 bits per heavy atom. The van der Waals surface area contributed by atoms with Crippen molar-refractivity contribution in [1.82, 2.24) is 4.98 Å². The molecule has 86 valence electrons. The van der Waals surface area contributed by atoms with E-state index in [0.29, 0.717) is 12.2 Å². The molecular formula is C12H16N2O2. The quantitative estimate of drug-likeness (QED) is 0.805. The van der Waals surface area contributed by atoms with Gasteiger partial charge in [-0.05, 0) is 18.9 Å². The molecule has 2 unspecified atom stereocenters. The van der Waals surface area contributed by atoms with Crippen LogP contribution in [-0.4, -0.2) is 35.4 Å². The third-order valence-corrected chi connectivity index (χ3v) is 3.38. The minimum Gasteiger partial charge on any atom is -0.392 e. The number of ether oxygens (including phenoxy) is 1.